The van der Waals surface area contributed by atoms with Crippen molar-refractivity contribution >= 4 is 23.6 Å². The molecule has 1 aliphatic carbocycles. The average Bonchev–Trinajstić information content (AvgIpc) is 3.34. The van der Waals surface area contributed by atoms with Crippen LogP contribution in [0, 0.1) is 0 Å². The molecule has 0 atom stereocenters. The Labute approximate surface area is 370 Å². The molecule has 1 aliphatic rings. The van der Waals surface area contributed by atoms with Crippen LogP contribution in [0.2, 0.25) is 0 Å². The van der Waals surface area contributed by atoms with Crippen molar-refractivity contribution in [1.82, 2.24) is 0 Å². The molecule has 0 radical (unpaired) electrons. The fourth-order valence-electron chi connectivity index (χ4n) is 7.62. The summed E-state index contributed by atoms with van der Waals surface area (Å²) in [6, 6.07) is 23.6. The molecule has 0 amide bonds. The Morgan fingerprint density at radius 3 is 0.873 bits per heavy atom. The second-order valence-electron chi connectivity index (χ2n) is 22.2. The van der Waals surface area contributed by atoms with E-state index in [4.69, 9.17) is 0 Å². The van der Waals surface area contributed by atoms with Gasteiger partial charge in [-0.3, -0.25) is 0 Å². The molecule has 0 fully saturated rings. The number of hydrogen-bond donors (Lipinski definition) is 0. The van der Waals surface area contributed by atoms with Gasteiger partial charge in [0.25, 0.3) is 0 Å². The maximum absolute atomic E-state index is 2.99. The summed E-state index contributed by atoms with van der Waals surface area (Å²) in [7, 11) is -2.99. The zero-order valence-electron chi connectivity index (χ0n) is 38.0. The Hall–Kier alpha value is -1.06. The van der Waals surface area contributed by atoms with E-state index in [1.165, 1.54) is 48.9 Å². The Morgan fingerprint density at radius 2 is 0.673 bits per heavy atom. The maximum atomic E-state index is 2.69. The van der Waals surface area contributed by atoms with Gasteiger partial charge in [0, 0.05) is 0 Å². The molecule has 4 rings (SSSR count). The Bertz CT molecular complexity index is 1590. The Morgan fingerprint density at radius 1 is 0.436 bits per heavy atom. The number of halogens is 3. The zero-order valence-corrected chi connectivity index (χ0v) is 42.9. The maximum Gasteiger partial charge on any atom is -1.00 e. The van der Waals surface area contributed by atoms with Crippen molar-refractivity contribution in [2.45, 2.75) is 183 Å². The van der Waals surface area contributed by atoms with Gasteiger partial charge < -0.3 is 37.2 Å². The van der Waals surface area contributed by atoms with Gasteiger partial charge in [-0.25, -0.2) is 0 Å². The molecule has 55 heavy (non-hydrogen) atoms. The van der Waals surface area contributed by atoms with Gasteiger partial charge >= 0.3 is 336 Å². The van der Waals surface area contributed by atoms with Crippen LogP contribution in [0.3, 0.4) is 0 Å². The summed E-state index contributed by atoms with van der Waals surface area (Å²) in [5, 5.41) is 6.25. The topological polar surface area (TPSA) is 0 Å². The molecular weight excluding hydrogens is 783 g/mol. The predicted octanol–water partition coefficient (Wildman–Crippen LogP) is 3.42. The average molecular weight is 856 g/mol. The van der Waals surface area contributed by atoms with E-state index >= 15 is 0 Å². The summed E-state index contributed by atoms with van der Waals surface area (Å²) in [4.78, 5) is 0. The van der Waals surface area contributed by atoms with Crippen LogP contribution in [0.1, 0.15) is 184 Å². The molecule has 3 aromatic rings. The van der Waals surface area contributed by atoms with Crippen molar-refractivity contribution in [2.24, 2.45) is 0 Å². The number of benzene rings is 3. The third-order valence-corrected chi connectivity index (χ3v) is 17.0. The number of rotatable bonds is 6. The standard InChI is InChI=1S/C50H73Si.3ClH.Ti/c1-20-22-34-23-21-24-44(34)51(41-28-35(45(2,3)4)25-36(29-41)46(5,6)7,42-30-37(47(8,9)10)26-38(31-42)48(11,12)13)43-32-39(49(14,15)16)27-40(33-43)50(17,18)19;;;;/h24-33H,20-22H2,1-19H3;3*1H;/q;;;;+3/p-3. The van der Waals surface area contributed by atoms with Crippen molar-refractivity contribution in [3.05, 3.63) is 109 Å². The summed E-state index contributed by atoms with van der Waals surface area (Å²) in [5.41, 5.74) is 10.3. The molecule has 0 saturated carbocycles. The van der Waals surface area contributed by atoms with E-state index in [9.17, 15) is 0 Å². The van der Waals surface area contributed by atoms with Crippen LogP contribution in [-0.4, -0.2) is 8.07 Å². The van der Waals surface area contributed by atoms with Gasteiger partial charge in [-0.05, 0) is 0 Å². The molecule has 0 aromatic heterocycles. The molecule has 5 heteroatoms. The van der Waals surface area contributed by atoms with E-state index in [1.807, 2.05) is 0 Å². The monoisotopic (exact) mass is 854 g/mol. The van der Waals surface area contributed by atoms with Crippen molar-refractivity contribution < 1.29 is 57.7 Å². The van der Waals surface area contributed by atoms with E-state index in [0.29, 0.717) is 0 Å². The van der Waals surface area contributed by atoms with Crippen molar-refractivity contribution in [3.63, 3.8) is 0 Å². The van der Waals surface area contributed by atoms with Crippen LogP contribution in [0.15, 0.2) is 75.3 Å². The van der Waals surface area contributed by atoms with Gasteiger partial charge in [0.15, 0.2) is 0 Å². The molecule has 0 aliphatic heterocycles. The van der Waals surface area contributed by atoms with Crippen molar-refractivity contribution in [1.29, 1.82) is 0 Å². The number of hydrogen-bond acceptors (Lipinski definition) is 0. The molecule has 0 N–H and O–H groups in total. The molecule has 0 saturated heterocycles. The van der Waals surface area contributed by atoms with Gasteiger partial charge in [-0.2, -0.15) is 0 Å². The van der Waals surface area contributed by atoms with Gasteiger partial charge in [0.1, 0.15) is 0 Å². The molecule has 0 unspecified atom stereocenters. The van der Waals surface area contributed by atoms with Crippen LogP contribution in [0.4, 0.5) is 0 Å². The SMILES string of the molecule is CCCC1=[C]([Ti+3])CC=C1[Si](c1cc(C(C)(C)C)cc(C(C)(C)C)c1)(c1cc(C(C)(C)C)cc(C(C)(C)C)c1)c1cc(C(C)(C)C)cc(C(C)(C)C)c1.[Cl-].[Cl-].[Cl-]. The van der Waals surface area contributed by atoms with Gasteiger partial charge in [-0.1, -0.05) is 0 Å². The normalized spacial score (nSPS) is 14.6. The molecule has 0 spiro atoms. The molecule has 3 aromatic carbocycles. The summed E-state index contributed by atoms with van der Waals surface area (Å²) >= 11 is 2.41. The number of allylic oxidation sites excluding steroid dienone is 4. The van der Waals surface area contributed by atoms with Crippen LogP contribution < -0.4 is 52.8 Å². The Balaban J connectivity index is 0.00000504. The third-order valence-electron chi connectivity index (χ3n) is 11.4. The van der Waals surface area contributed by atoms with Gasteiger partial charge in [0.2, 0.25) is 0 Å². The van der Waals surface area contributed by atoms with E-state index in [-0.39, 0.29) is 69.7 Å². The molecule has 302 valence electrons. The van der Waals surface area contributed by atoms with E-state index in [0.717, 1.165) is 19.3 Å². The molecule has 0 heterocycles. The van der Waals surface area contributed by atoms with E-state index in [1.54, 1.807) is 14.6 Å². The summed E-state index contributed by atoms with van der Waals surface area (Å²) in [5.74, 6) is 0. The first-order chi connectivity index (χ1) is 23.4. The second kappa shape index (κ2) is 17.7. The van der Waals surface area contributed by atoms with Crippen LogP contribution in [-0.2, 0) is 52.9 Å². The summed E-state index contributed by atoms with van der Waals surface area (Å²) in [6.07, 6.45) is 6.00. The largest absolute Gasteiger partial charge is 1.00 e. The van der Waals surface area contributed by atoms with Gasteiger partial charge in [-0.15, -0.1) is 0 Å². The summed E-state index contributed by atoms with van der Waals surface area (Å²) < 4.78 is 1.56. The Kier molecular flexibility index (Phi) is 16.7. The first-order valence-corrected chi connectivity index (χ1v) is 22.8. The third kappa shape index (κ3) is 11.2. The first kappa shape index (κ1) is 52.0. The van der Waals surface area contributed by atoms with Crippen molar-refractivity contribution in [3.8, 4) is 0 Å². The fourth-order valence-corrected chi connectivity index (χ4v) is 13.7. The minimum Gasteiger partial charge on any atom is -1.00 e. The van der Waals surface area contributed by atoms with Crippen LogP contribution >= 0.6 is 0 Å². The minimum absolute atomic E-state index is 0. The minimum atomic E-state index is -2.99. The predicted molar refractivity (Wildman–Crippen MR) is 231 cm³/mol. The summed E-state index contributed by atoms with van der Waals surface area (Å²) in [6.45, 7) is 45.6. The molecule has 0 bridgehead atoms. The van der Waals surface area contributed by atoms with E-state index < -0.39 is 8.07 Å². The van der Waals surface area contributed by atoms with E-state index in [2.05, 4.69) is 213 Å². The zero-order chi connectivity index (χ0) is 39.6. The van der Waals surface area contributed by atoms with Crippen LogP contribution in [0.25, 0.3) is 0 Å². The molecule has 0 nitrogen and oxygen atoms in total. The second-order valence-corrected chi connectivity index (χ2v) is 26.9. The quantitative estimate of drug-likeness (QED) is 0.264. The molecular formula is C50H73Cl3SiTi. The first-order valence-electron chi connectivity index (χ1n) is 20.1. The smallest absolute Gasteiger partial charge is 1.00 e. The van der Waals surface area contributed by atoms with Crippen molar-refractivity contribution in [2.75, 3.05) is 0 Å². The fraction of sp³-hybridized carbons (Fsp3) is 0.560. The van der Waals surface area contributed by atoms with Gasteiger partial charge in [0.05, 0.1) is 0 Å². The van der Waals surface area contributed by atoms with Crippen LogP contribution in [0.5, 0.6) is 0 Å².